The van der Waals surface area contributed by atoms with Gasteiger partial charge in [-0.1, -0.05) is 12.1 Å². The summed E-state index contributed by atoms with van der Waals surface area (Å²) in [6, 6.07) is 7.86. The number of aliphatic hydroxyl groups is 5. The smallest absolute Gasteiger partial charge is 0.421 e. The number of phenols is 4. The molecule has 33 heteroatoms. The monoisotopic (exact) mass is 953 g/mol. The second kappa shape index (κ2) is 33.8. The molecule has 0 spiro atoms. The Hall–Kier alpha value is -8.78. The van der Waals surface area contributed by atoms with E-state index in [0.29, 0.717) is 0 Å². The number of cyclic esters (lactones) is 1. The van der Waals surface area contributed by atoms with Crippen molar-refractivity contribution in [1.82, 2.24) is 21.7 Å². The van der Waals surface area contributed by atoms with E-state index in [9.17, 15) is 43.2 Å². The molecule has 33 nitrogen and oxygen atoms in total. The molecule has 4 amide bonds. The average Bonchev–Trinajstić information content (AvgIpc) is 3.52. The fraction of sp³-hybridized carbons (Fsp3) is 0.273. The normalized spacial score (nSPS) is 12.0. The van der Waals surface area contributed by atoms with Crippen molar-refractivity contribution in [1.29, 1.82) is 0 Å². The van der Waals surface area contributed by atoms with Crippen LogP contribution in [0.5, 0.6) is 23.0 Å². The Kier molecular flexibility index (Phi) is 32.7. The van der Waals surface area contributed by atoms with Gasteiger partial charge in [-0.05, 0) is 24.3 Å². The number of nitrogens with two attached hydrogens (primary N) is 4. The number of nitrogens with one attached hydrogen (secondary N) is 4. The number of aromatic carboxylic acids is 1. The molecule has 25 N–H and O–H groups in total. The Morgan fingerprint density at radius 2 is 1.29 bits per heavy atom. The van der Waals surface area contributed by atoms with Gasteiger partial charge in [0.1, 0.15) is 11.9 Å². The van der Waals surface area contributed by atoms with Gasteiger partial charge in [0.05, 0.1) is 37.7 Å². The predicted molar refractivity (Wildman–Crippen MR) is 212 cm³/mol. The Morgan fingerprint density at radius 1 is 0.818 bits per heavy atom. The summed E-state index contributed by atoms with van der Waals surface area (Å²) < 4.78 is 8.34. The van der Waals surface area contributed by atoms with E-state index in [4.69, 9.17) is 78.8 Å². The van der Waals surface area contributed by atoms with E-state index in [2.05, 4.69) is 31.8 Å². The van der Waals surface area contributed by atoms with Crippen molar-refractivity contribution < 1.29 is 119 Å². The predicted octanol–water partition coefficient (Wildman–Crippen LogP) is -5.05. The Labute approximate surface area is 369 Å². The molecule has 3 rings (SSSR count). The zero-order chi connectivity index (χ0) is 52.5. The average molecular weight is 954 g/mol. The highest BCUT2D eigenvalue weighted by Gasteiger charge is 2.41. The molecule has 0 radical (unpaired) electrons. The van der Waals surface area contributed by atoms with Crippen molar-refractivity contribution in [2.45, 2.75) is 37.6 Å². The lowest BCUT2D eigenvalue weighted by atomic mass is 9.96. The first-order valence-corrected chi connectivity index (χ1v) is 16.6. The number of amides is 4. The van der Waals surface area contributed by atoms with Crippen LogP contribution in [0.25, 0.3) is 4.85 Å². The molecular formula is C33H47N9O24. The lowest BCUT2D eigenvalue weighted by Crippen LogP contribution is -2.42. The van der Waals surface area contributed by atoms with Gasteiger partial charge in [0.25, 0.3) is 12.5 Å². The summed E-state index contributed by atoms with van der Waals surface area (Å²) in [5.74, 6) is 6.24. The van der Waals surface area contributed by atoms with Crippen LogP contribution in [0.2, 0.25) is 0 Å². The quantitative estimate of drug-likeness (QED) is 0.0265. The van der Waals surface area contributed by atoms with Gasteiger partial charge in [0.2, 0.25) is 11.7 Å². The topological polar surface area (TPSA) is 592 Å². The first kappa shape index (κ1) is 63.9. The van der Waals surface area contributed by atoms with Crippen LogP contribution >= 0.6 is 0 Å². The summed E-state index contributed by atoms with van der Waals surface area (Å²) in [6.45, 7) is 6.64. The molecule has 1 aliphatic heterocycles. The van der Waals surface area contributed by atoms with Crippen molar-refractivity contribution in [3.63, 3.8) is 0 Å². The second-order valence-electron chi connectivity index (χ2n) is 11.2. The van der Waals surface area contributed by atoms with Crippen LogP contribution < -0.4 is 45.1 Å². The zero-order valence-corrected chi connectivity index (χ0v) is 34.0. The maximum absolute atomic E-state index is 10.8. The number of methoxy groups -OCH3 is 1. The van der Waals surface area contributed by atoms with E-state index in [-0.39, 0.29) is 29.3 Å². The number of hydrogen-bond acceptors (Lipinski definition) is 24. The van der Waals surface area contributed by atoms with Crippen molar-refractivity contribution in [3.8, 4) is 23.0 Å². The number of nitrogens with zero attached hydrogens (tertiary/aromatic N) is 1. The molecule has 0 saturated carbocycles. The zero-order valence-electron chi connectivity index (χ0n) is 34.0. The molecule has 1 heterocycles. The number of carbonyl (C=O) groups excluding carboxylic acids is 5. The van der Waals surface area contributed by atoms with Gasteiger partial charge in [-0.3, -0.25) is 45.7 Å². The van der Waals surface area contributed by atoms with Crippen LogP contribution in [0.1, 0.15) is 40.5 Å². The number of phenolic OH excluding ortho intramolecular Hbond substituents is 4. The van der Waals surface area contributed by atoms with Gasteiger partial charge in [-0.25, -0.2) is 49.1 Å². The van der Waals surface area contributed by atoms with Gasteiger partial charge < -0.3 is 80.7 Å². The number of esters is 1. The number of hydrogen-bond donors (Lipinski definition) is 21. The number of nitrogen functional groups attached to an aromatic ring is 1. The van der Waals surface area contributed by atoms with Crippen molar-refractivity contribution in [3.05, 3.63) is 70.5 Å². The van der Waals surface area contributed by atoms with E-state index >= 15 is 0 Å². The van der Waals surface area contributed by atoms with Crippen molar-refractivity contribution in [2.24, 2.45) is 23.4 Å². The SMILES string of the molecule is CC(=O)NN.COC(=O)NN.NNC(=O)c1ccccc1O.O=C(O)CC(O)(CC(=O)O)C(=O)O.O=C(O)c1cc(O)c(O)c(O)c1.O=C1O[C@H]([C@@H](O)CO)C(O)=C1O.[C-]#[N+]CC(=O)NN. The standard InChI is InChI=1S/C7H8N2O2.C7H6O5.C6H8O7.C6H8O6.C3H5N3O.C2H6N2O2.C2H6N2O/c8-9-7(11)5-3-1-2-4-6(5)10;8-4-1-3(7(11)12)2-5(9)6(4)10;7-3(8)1-6(13,5(11)12)2-4(9)10;7-1-2(8)5-3(9)4(10)6(11)12-5;1-5-2-3(7)6-4;1-6-2(5)4-3;1-2(5)4-3/h1-4,10H,8H2,(H,9,11);1-2,8-10H,(H,11,12);13H,1-2H2,(H,7,8)(H,9,10)(H,11,12);2,5,7-10H,1H2;2,4H2,(H,6,7);3H2,1H3,(H,4,5);3H2,1H3,(H,4,5)/t;;;2-,5+;;;/m...0.../s1. The minimum absolute atomic E-state index is 0.0737. The van der Waals surface area contributed by atoms with E-state index < -0.39 is 114 Å². The summed E-state index contributed by atoms with van der Waals surface area (Å²) in [5, 5.41) is 113. The highest BCUT2D eigenvalue weighted by Crippen LogP contribution is 2.35. The van der Waals surface area contributed by atoms with Crippen LogP contribution in [0.3, 0.4) is 0 Å². The Bertz CT molecular complexity index is 2000. The molecule has 0 unspecified atom stereocenters. The largest absolute Gasteiger partial charge is 0.507 e. The van der Waals surface area contributed by atoms with Gasteiger partial charge in [0.15, 0.2) is 34.7 Å². The van der Waals surface area contributed by atoms with Crippen LogP contribution in [0, 0.1) is 6.57 Å². The van der Waals surface area contributed by atoms with Crippen LogP contribution in [-0.2, 0) is 38.2 Å². The third-order valence-corrected chi connectivity index (χ3v) is 6.25. The number of aliphatic carboxylic acids is 3. The molecule has 2 atom stereocenters. The molecule has 66 heavy (non-hydrogen) atoms. The molecule has 0 bridgehead atoms. The van der Waals surface area contributed by atoms with Gasteiger partial charge in [-0.15, -0.1) is 0 Å². The molecule has 2 aromatic carbocycles. The van der Waals surface area contributed by atoms with Gasteiger partial charge >= 0.3 is 41.8 Å². The molecule has 0 saturated heterocycles. The Morgan fingerprint density at radius 3 is 1.55 bits per heavy atom. The van der Waals surface area contributed by atoms with E-state index in [0.717, 1.165) is 12.1 Å². The summed E-state index contributed by atoms with van der Waals surface area (Å²) >= 11 is 0. The summed E-state index contributed by atoms with van der Waals surface area (Å²) in [6.07, 6.45) is -5.69. The Balaban J connectivity index is -0.000000348. The number of carboxylic acids is 4. The van der Waals surface area contributed by atoms with Crippen molar-refractivity contribution in [2.75, 3.05) is 20.3 Å². The molecular weight excluding hydrogens is 906 g/mol. The molecule has 0 fully saturated rings. The first-order valence-electron chi connectivity index (χ1n) is 16.6. The maximum Gasteiger partial charge on any atom is 0.421 e. The highest BCUT2D eigenvalue weighted by atomic mass is 16.6. The number of rotatable bonds is 10. The van der Waals surface area contributed by atoms with Gasteiger partial charge in [-0.2, -0.15) is 0 Å². The van der Waals surface area contributed by atoms with E-state index in [1.165, 1.54) is 26.2 Å². The van der Waals surface area contributed by atoms with Crippen LogP contribution in [0.15, 0.2) is 47.9 Å². The minimum Gasteiger partial charge on any atom is -0.507 e. The number of para-hydroxylation sites is 1. The number of aliphatic hydroxyl groups excluding tert-OH is 4. The summed E-state index contributed by atoms with van der Waals surface area (Å²) in [7, 11) is 1.24. The third kappa shape index (κ3) is 27.2. The number of ether oxygens (including phenoxy) is 2. The number of carboxylic acid groups (broad SMARTS) is 4. The second-order valence-corrected chi connectivity index (χ2v) is 11.2. The van der Waals surface area contributed by atoms with Crippen molar-refractivity contribution >= 4 is 53.7 Å². The lowest BCUT2D eigenvalue weighted by molar-refractivity contribution is -0.170. The van der Waals surface area contributed by atoms with E-state index in [1.54, 1.807) is 17.6 Å². The van der Waals surface area contributed by atoms with Crippen LogP contribution in [-0.4, -0.2) is 158 Å². The minimum atomic E-state index is -2.74. The number of carbonyl (C=O) groups is 9. The third-order valence-electron chi connectivity index (χ3n) is 6.25. The van der Waals surface area contributed by atoms with Crippen LogP contribution in [0.4, 0.5) is 4.79 Å². The van der Waals surface area contributed by atoms with Gasteiger partial charge in [0, 0.05) is 6.92 Å². The molecule has 2 aromatic rings. The maximum atomic E-state index is 10.8. The number of benzene rings is 2. The summed E-state index contributed by atoms with van der Waals surface area (Å²) in [5.41, 5.74) is 4.53. The molecule has 0 aromatic heterocycles. The fourth-order valence-corrected chi connectivity index (χ4v) is 3.18. The summed E-state index contributed by atoms with van der Waals surface area (Å²) in [4.78, 5) is 94.2. The molecule has 1 aliphatic rings. The first-order chi connectivity index (χ1) is 30.5. The number of hydrazine groups is 4. The molecule has 0 aliphatic carbocycles. The highest BCUT2D eigenvalue weighted by molar-refractivity contribution is 5.96. The lowest BCUT2D eigenvalue weighted by Gasteiger charge is -2.18. The molecule has 368 valence electrons. The number of aromatic hydroxyl groups is 4. The fourth-order valence-electron chi connectivity index (χ4n) is 3.18. The van der Waals surface area contributed by atoms with E-state index in [1.807, 2.05) is 16.3 Å².